The van der Waals surface area contributed by atoms with Gasteiger partial charge in [0.1, 0.15) is 5.60 Å². The third-order valence-electron chi connectivity index (χ3n) is 13.4. The largest absolute Gasteiger partial charge is 0.444 e. The summed E-state index contributed by atoms with van der Waals surface area (Å²) < 4.78 is 5.27. The van der Waals surface area contributed by atoms with E-state index in [-0.39, 0.29) is 45.5 Å². The highest BCUT2D eigenvalue weighted by Crippen LogP contribution is 2.70. The zero-order valence-corrected chi connectivity index (χ0v) is 30.3. The molecule has 0 spiro atoms. The molecule has 3 N–H and O–H groups in total. The fourth-order valence-corrected chi connectivity index (χ4v) is 10.3. The van der Waals surface area contributed by atoms with Crippen molar-refractivity contribution in [1.29, 1.82) is 0 Å². The van der Waals surface area contributed by atoms with Crippen molar-refractivity contribution in [3.05, 3.63) is 11.6 Å². The maximum atomic E-state index is 14.2. The molecule has 0 aromatic carbocycles. The van der Waals surface area contributed by atoms with Crippen LogP contribution in [0.25, 0.3) is 0 Å². The number of aliphatic hydroxyl groups is 1. The second-order valence-electron chi connectivity index (χ2n) is 18.3. The molecule has 4 aliphatic carbocycles. The number of allylic oxidation sites excluding steroid dienone is 2. The number of nitrogens with one attached hydrogen (secondary N) is 2. The molecular formula is C38H64N2O5. The molecule has 3 saturated carbocycles. The fraction of sp³-hybridized carbons (Fsp3) is 0.868. The fourth-order valence-electron chi connectivity index (χ4n) is 10.3. The van der Waals surface area contributed by atoms with Crippen molar-refractivity contribution in [2.45, 2.75) is 146 Å². The summed E-state index contributed by atoms with van der Waals surface area (Å²) in [5.74, 6) is 1.43. The monoisotopic (exact) mass is 628 g/mol. The Balaban J connectivity index is 1.38. The van der Waals surface area contributed by atoms with Gasteiger partial charge in [0, 0.05) is 24.4 Å². The molecule has 7 heteroatoms. The zero-order chi connectivity index (χ0) is 33.8. The van der Waals surface area contributed by atoms with Crippen molar-refractivity contribution in [3.8, 4) is 0 Å². The standard InChI is InChI=1S/C38H64N2O5/c1-24-25-23-27(41)30-37(10,17-14-28-35(7,8)29(42)15-18-38(28,30)11)26(25)13-16-36(24,9)20-19-34(5,6)31(43)39-21-12-22-40-32(44)45-33(2,3)4/h23-24,26,28-30,42H,12-22H2,1-11H3,(H,39,43)(H,40,44)/t24-,26?,28-,29-,30-,36-,37-,38-/m0/s1. The van der Waals surface area contributed by atoms with Gasteiger partial charge in [-0.2, -0.15) is 0 Å². The highest BCUT2D eigenvalue weighted by atomic mass is 16.6. The molecule has 2 amide bonds. The van der Waals surface area contributed by atoms with Crippen LogP contribution in [-0.4, -0.2) is 47.7 Å². The van der Waals surface area contributed by atoms with Gasteiger partial charge >= 0.3 is 6.09 Å². The van der Waals surface area contributed by atoms with Crippen LogP contribution in [0.5, 0.6) is 0 Å². The quantitative estimate of drug-likeness (QED) is 0.240. The van der Waals surface area contributed by atoms with E-state index < -0.39 is 17.1 Å². The molecule has 1 unspecified atom stereocenters. The van der Waals surface area contributed by atoms with Crippen LogP contribution in [-0.2, 0) is 14.3 Å². The number of fused-ring (bicyclic) bond motifs is 5. The van der Waals surface area contributed by atoms with Gasteiger partial charge in [-0.15, -0.1) is 0 Å². The van der Waals surface area contributed by atoms with Crippen LogP contribution in [0.4, 0.5) is 4.79 Å². The molecule has 45 heavy (non-hydrogen) atoms. The summed E-state index contributed by atoms with van der Waals surface area (Å²) in [5.41, 5.74) is 0.0296. The molecule has 256 valence electrons. The van der Waals surface area contributed by atoms with Gasteiger partial charge in [0.25, 0.3) is 0 Å². The number of carbonyl (C=O) groups excluding carboxylic acids is 3. The Morgan fingerprint density at radius 3 is 2.20 bits per heavy atom. The van der Waals surface area contributed by atoms with Crippen LogP contribution in [0.3, 0.4) is 0 Å². The van der Waals surface area contributed by atoms with Gasteiger partial charge in [0.05, 0.1) is 6.10 Å². The first kappa shape index (κ1) is 36.0. The molecular weight excluding hydrogens is 564 g/mol. The summed E-state index contributed by atoms with van der Waals surface area (Å²) in [7, 11) is 0. The molecule has 7 nitrogen and oxygen atoms in total. The lowest BCUT2D eigenvalue weighted by molar-refractivity contribution is -0.187. The number of amides is 2. The number of aliphatic hydroxyl groups excluding tert-OH is 1. The summed E-state index contributed by atoms with van der Waals surface area (Å²) in [4.78, 5) is 39.3. The molecule has 0 heterocycles. The molecule has 3 fully saturated rings. The summed E-state index contributed by atoms with van der Waals surface area (Å²) in [5, 5.41) is 16.7. The lowest BCUT2D eigenvalue weighted by atomic mass is 9.37. The van der Waals surface area contributed by atoms with Crippen LogP contribution < -0.4 is 10.6 Å². The van der Waals surface area contributed by atoms with Gasteiger partial charge in [0.2, 0.25) is 5.91 Å². The average Bonchev–Trinajstić information content (AvgIpc) is 2.91. The number of ketones is 1. The minimum atomic E-state index is -0.533. The van der Waals surface area contributed by atoms with Gasteiger partial charge < -0.3 is 20.5 Å². The van der Waals surface area contributed by atoms with Crippen molar-refractivity contribution in [2.24, 2.45) is 50.7 Å². The predicted octanol–water partition coefficient (Wildman–Crippen LogP) is 7.61. The second kappa shape index (κ2) is 12.3. The van der Waals surface area contributed by atoms with Crippen molar-refractivity contribution in [2.75, 3.05) is 13.1 Å². The maximum Gasteiger partial charge on any atom is 0.407 e. The highest BCUT2D eigenvalue weighted by molar-refractivity contribution is 5.95. The van der Waals surface area contributed by atoms with E-state index in [9.17, 15) is 19.5 Å². The average molecular weight is 629 g/mol. The van der Waals surface area contributed by atoms with E-state index >= 15 is 0 Å². The molecule has 8 atom stereocenters. The number of hydrogen-bond acceptors (Lipinski definition) is 5. The van der Waals surface area contributed by atoms with Crippen molar-refractivity contribution in [1.82, 2.24) is 10.6 Å². The van der Waals surface area contributed by atoms with E-state index in [1.165, 1.54) is 5.57 Å². The van der Waals surface area contributed by atoms with Crippen molar-refractivity contribution >= 4 is 17.8 Å². The minimum Gasteiger partial charge on any atom is -0.444 e. The Labute approximate surface area is 273 Å². The second-order valence-corrected chi connectivity index (χ2v) is 18.3. The van der Waals surface area contributed by atoms with E-state index in [0.717, 1.165) is 51.4 Å². The predicted molar refractivity (Wildman–Crippen MR) is 179 cm³/mol. The SMILES string of the molecule is C[C@H]1C2=CC(=O)[C@@H]3[C@@]4(C)CC[C@H](O)C(C)(C)[C@@H]4CC[C@@]3(C)C2CC[C@@]1(C)CCC(C)(C)C(=O)NCCCNC(=O)OC(C)(C)C. The molecule has 0 saturated heterocycles. The van der Waals surface area contributed by atoms with Crippen LogP contribution in [0.15, 0.2) is 11.6 Å². The van der Waals surface area contributed by atoms with Crippen LogP contribution in [0.1, 0.15) is 134 Å². The zero-order valence-electron chi connectivity index (χ0n) is 30.3. The molecule has 0 aliphatic heterocycles. The maximum absolute atomic E-state index is 14.2. The van der Waals surface area contributed by atoms with Crippen molar-refractivity contribution < 1.29 is 24.2 Å². The van der Waals surface area contributed by atoms with Gasteiger partial charge in [-0.05, 0) is 124 Å². The lowest BCUT2D eigenvalue weighted by Crippen LogP contribution is -2.63. The van der Waals surface area contributed by atoms with Crippen molar-refractivity contribution in [3.63, 3.8) is 0 Å². The third kappa shape index (κ3) is 6.76. The number of alkyl carbamates (subject to hydrolysis) is 1. The molecule has 0 bridgehead atoms. The van der Waals surface area contributed by atoms with Gasteiger partial charge in [-0.3, -0.25) is 9.59 Å². The van der Waals surface area contributed by atoms with E-state index in [4.69, 9.17) is 4.74 Å². The number of ether oxygens (including phenoxy) is 1. The Hall–Kier alpha value is -1.89. The Morgan fingerprint density at radius 2 is 1.56 bits per heavy atom. The van der Waals surface area contributed by atoms with E-state index in [1.54, 1.807) is 0 Å². The molecule has 0 radical (unpaired) electrons. The Bertz CT molecular complexity index is 1180. The Kier molecular flexibility index (Phi) is 9.82. The van der Waals surface area contributed by atoms with E-state index in [2.05, 4.69) is 58.3 Å². The third-order valence-corrected chi connectivity index (χ3v) is 13.4. The lowest BCUT2D eigenvalue weighted by Gasteiger charge is -2.66. The van der Waals surface area contributed by atoms with E-state index in [0.29, 0.717) is 37.1 Å². The van der Waals surface area contributed by atoms with Crippen LogP contribution in [0, 0.1) is 50.7 Å². The molecule has 4 aliphatic rings. The minimum absolute atomic E-state index is 0.0165. The molecule has 0 aromatic heterocycles. The first-order valence-electron chi connectivity index (χ1n) is 17.8. The number of hydrogen-bond donors (Lipinski definition) is 3. The van der Waals surface area contributed by atoms with Gasteiger partial charge in [0.15, 0.2) is 5.78 Å². The topological polar surface area (TPSA) is 105 Å². The summed E-state index contributed by atoms with van der Waals surface area (Å²) >= 11 is 0. The summed E-state index contributed by atoms with van der Waals surface area (Å²) in [6.07, 6.45) is 9.70. The molecule has 4 rings (SSSR count). The van der Waals surface area contributed by atoms with Crippen LogP contribution >= 0.6 is 0 Å². The first-order valence-corrected chi connectivity index (χ1v) is 17.8. The van der Waals surface area contributed by atoms with Gasteiger partial charge in [-0.1, -0.05) is 61.0 Å². The first-order chi connectivity index (χ1) is 20.6. The number of carbonyl (C=O) groups is 3. The van der Waals surface area contributed by atoms with Gasteiger partial charge in [-0.25, -0.2) is 4.79 Å². The Morgan fingerprint density at radius 1 is 0.933 bits per heavy atom. The van der Waals surface area contributed by atoms with E-state index in [1.807, 2.05) is 34.6 Å². The summed E-state index contributed by atoms with van der Waals surface area (Å²) in [6.45, 7) is 24.4. The smallest absolute Gasteiger partial charge is 0.407 e. The summed E-state index contributed by atoms with van der Waals surface area (Å²) in [6, 6.07) is 0. The number of rotatable bonds is 8. The van der Waals surface area contributed by atoms with Crippen LogP contribution in [0.2, 0.25) is 0 Å². The molecule has 0 aromatic rings. The highest BCUT2D eigenvalue weighted by Gasteiger charge is 2.66. The normalized spacial score (nSPS) is 37.8.